The first kappa shape index (κ1) is 11.1. The van der Waals surface area contributed by atoms with Crippen LogP contribution in [0.15, 0.2) is 18.2 Å². The molecule has 16 heavy (non-hydrogen) atoms. The molecule has 0 aliphatic heterocycles. The molecule has 1 heterocycles. The lowest BCUT2D eigenvalue weighted by Crippen LogP contribution is -1.91. The molecule has 0 atom stereocenters. The van der Waals surface area contributed by atoms with Crippen molar-refractivity contribution < 1.29 is 0 Å². The van der Waals surface area contributed by atoms with Crippen molar-refractivity contribution in [2.75, 3.05) is 5.73 Å². The molecular formula is C13H16N2S. The Hall–Kier alpha value is -1.35. The van der Waals surface area contributed by atoms with Gasteiger partial charge in [0, 0.05) is 5.56 Å². The average Bonchev–Trinajstić information content (AvgIpc) is 2.64. The van der Waals surface area contributed by atoms with E-state index in [1.54, 1.807) is 11.3 Å². The summed E-state index contributed by atoms with van der Waals surface area (Å²) < 4.78 is 0. The predicted octanol–water partition coefficient (Wildman–Crippen LogP) is 3.57. The van der Waals surface area contributed by atoms with Crippen molar-refractivity contribution in [1.29, 1.82) is 0 Å². The first-order valence-corrected chi connectivity index (χ1v) is 6.27. The van der Waals surface area contributed by atoms with Crippen LogP contribution in [0.2, 0.25) is 0 Å². The lowest BCUT2D eigenvalue weighted by Gasteiger charge is -2.06. The number of thiazole rings is 1. The molecule has 0 aliphatic rings. The summed E-state index contributed by atoms with van der Waals surface area (Å²) in [6.45, 7) is 6.34. The van der Waals surface area contributed by atoms with Gasteiger partial charge >= 0.3 is 0 Å². The van der Waals surface area contributed by atoms with Gasteiger partial charge in [0.25, 0.3) is 0 Å². The minimum absolute atomic E-state index is 0.825. The molecule has 1 aromatic heterocycles. The highest BCUT2D eigenvalue weighted by Crippen LogP contribution is 2.33. The van der Waals surface area contributed by atoms with Gasteiger partial charge in [-0.15, -0.1) is 11.3 Å². The van der Waals surface area contributed by atoms with Gasteiger partial charge < -0.3 is 5.73 Å². The molecule has 0 aliphatic carbocycles. The van der Waals surface area contributed by atoms with Gasteiger partial charge in [-0.3, -0.25) is 0 Å². The highest BCUT2D eigenvalue weighted by molar-refractivity contribution is 7.16. The summed E-state index contributed by atoms with van der Waals surface area (Å²) in [4.78, 5) is 4.59. The van der Waals surface area contributed by atoms with Crippen molar-refractivity contribution in [3.63, 3.8) is 0 Å². The quantitative estimate of drug-likeness (QED) is 0.859. The number of nitrogens with zero attached hydrogens (tertiary/aromatic N) is 1. The molecule has 3 heteroatoms. The van der Waals surface area contributed by atoms with Gasteiger partial charge in [-0.1, -0.05) is 25.1 Å². The summed E-state index contributed by atoms with van der Waals surface area (Å²) in [7, 11) is 0. The highest BCUT2D eigenvalue weighted by atomic mass is 32.1. The Labute approximate surface area is 100 Å². The number of hydrogen-bond donors (Lipinski definition) is 1. The Morgan fingerprint density at radius 1 is 1.31 bits per heavy atom. The molecule has 0 radical (unpaired) electrons. The van der Waals surface area contributed by atoms with Gasteiger partial charge in [0.1, 0.15) is 10.7 Å². The van der Waals surface area contributed by atoms with E-state index < -0.39 is 0 Å². The molecule has 2 rings (SSSR count). The maximum atomic E-state index is 6.02. The average molecular weight is 232 g/mol. The van der Waals surface area contributed by atoms with Crippen LogP contribution in [0.4, 0.5) is 5.00 Å². The van der Waals surface area contributed by atoms with Gasteiger partial charge in [-0.2, -0.15) is 0 Å². The fourth-order valence-corrected chi connectivity index (χ4v) is 2.52. The van der Waals surface area contributed by atoms with Gasteiger partial charge in [-0.05, 0) is 31.4 Å². The first-order valence-electron chi connectivity index (χ1n) is 5.45. The molecule has 2 N–H and O–H groups in total. The normalized spacial score (nSPS) is 10.7. The zero-order valence-corrected chi connectivity index (χ0v) is 10.7. The van der Waals surface area contributed by atoms with Crippen molar-refractivity contribution in [2.45, 2.75) is 27.2 Å². The van der Waals surface area contributed by atoms with Gasteiger partial charge in [0.05, 0.1) is 5.01 Å². The molecule has 2 aromatic rings. The predicted molar refractivity (Wildman–Crippen MR) is 70.8 cm³/mol. The molecule has 84 valence electrons. The van der Waals surface area contributed by atoms with Gasteiger partial charge in [-0.25, -0.2) is 4.98 Å². The number of aromatic nitrogens is 1. The molecule has 0 fully saturated rings. The highest BCUT2D eigenvalue weighted by Gasteiger charge is 2.12. The fourth-order valence-electron chi connectivity index (χ4n) is 1.73. The molecule has 2 nitrogen and oxygen atoms in total. The number of nitrogens with two attached hydrogens (primary N) is 1. The second-order valence-corrected chi connectivity index (χ2v) is 5.04. The van der Waals surface area contributed by atoms with Gasteiger partial charge in [0.15, 0.2) is 0 Å². The van der Waals surface area contributed by atoms with Crippen LogP contribution in [0.25, 0.3) is 11.3 Å². The molecule has 0 bridgehead atoms. The summed E-state index contributed by atoms with van der Waals surface area (Å²) in [6, 6.07) is 6.26. The molecule has 0 amide bonds. The number of nitrogen functional groups attached to an aromatic ring is 1. The zero-order valence-electron chi connectivity index (χ0n) is 9.87. The Morgan fingerprint density at radius 2 is 2.06 bits per heavy atom. The van der Waals surface area contributed by atoms with Crippen molar-refractivity contribution in [3.05, 3.63) is 34.3 Å². The van der Waals surface area contributed by atoms with Crippen molar-refractivity contribution in [3.8, 4) is 11.3 Å². The first-order chi connectivity index (χ1) is 7.63. The molecule has 0 unspecified atom stereocenters. The van der Waals surface area contributed by atoms with E-state index in [4.69, 9.17) is 5.73 Å². The second-order valence-electron chi connectivity index (χ2n) is 3.92. The van der Waals surface area contributed by atoms with Crippen LogP contribution in [0.3, 0.4) is 0 Å². The maximum Gasteiger partial charge on any atom is 0.114 e. The number of benzene rings is 1. The number of rotatable bonds is 2. The molecule has 1 aromatic carbocycles. The Morgan fingerprint density at radius 3 is 2.69 bits per heavy atom. The van der Waals surface area contributed by atoms with E-state index in [9.17, 15) is 0 Å². The largest absolute Gasteiger partial charge is 0.389 e. The van der Waals surface area contributed by atoms with Crippen molar-refractivity contribution in [2.24, 2.45) is 0 Å². The van der Waals surface area contributed by atoms with Crippen LogP contribution >= 0.6 is 11.3 Å². The number of hydrogen-bond acceptors (Lipinski definition) is 3. The molecule has 0 saturated heterocycles. The molecule has 0 spiro atoms. The Kier molecular flexibility index (Phi) is 2.97. The zero-order chi connectivity index (χ0) is 11.7. The third-order valence-corrected chi connectivity index (χ3v) is 3.89. The lowest BCUT2D eigenvalue weighted by molar-refractivity contribution is 1.09. The summed E-state index contributed by atoms with van der Waals surface area (Å²) in [5.41, 5.74) is 10.7. The minimum atomic E-state index is 0.825. The third-order valence-electron chi connectivity index (χ3n) is 2.86. The van der Waals surface area contributed by atoms with E-state index >= 15 is 0 Å². The standard InChI is InChI=1S/C13H16N2S/c1-4-11-15-12(13(14)16-11)10-7-5-6-8(2)9(10)3/h5-7H,4,14H2,1-3H3. The van der Waals surface area contributed by atoms with E-state index in [-0.39, 0.29) is 0 Å². The summed E-state index contributed by atoms with van der Waals surface area (Å²) in [5, 5.41) is 1.93. The van der Waals surface area contributed by atoms with Crippen molar-refractivity contribution in [1.82, 2.24) is 4.98 Å². The van der Waals surface area contributed by atoms with E-state index in [1.165, 1.54) is 11.1 Å². The van der Waals surface area contributed by atoms with Crippen LogP contribution < -0.4 is 5.73 Å². The van der Waals surface area contributed by atoms with Crippen LogP contribution in [0, 0.1) is 13.8 Å². The summed E-state index contributed by atoms with van der Waals surface area (Å²) in [5.74, 6) is 0. The van der Waals surface area contributed by atoms with E-state index in [1.807, 2.05) is 0 Å². The summed E-state index contributed by atoms with van der Waals surface area (Å²) in [6.07, 6.45) is 0.944. The van der Waals surface area contributed by atoms with Crippen LogP contribution in [-0.2, 0) is 6.42 Å². The fraction of sp³-hybridized carbons (Fsp3) is 0.308. The van der Waals surface area contributed by atoms with Crippen LogP contribution in [0.5, 0.6) is 0 Å². The molecular weight excluding hydrogens is 216 g/mol. The Bertz CT molecular complexity index is 515. The van der Waals surface area contributed by atoms with Gasteiger partial charge in [0.2, 0.25) is 0 Å². The monoisotopic (exact) mass is 232 g/mol. The van der Waals surface area contributed by atoms with Crippen molar-refractivity contribution >= 4 is 16.3 Å². The number of aryl methyl sites for hydroxylation is 2. The SMILES string of the molecule is CCc1nc(-c2cccc(C)c2C)c(N)s1. The van der Waals surface area contributed by atoms with E-state index in [0.717, 1.165) is 27.7 Å². The topological polar surface area (TPSA) is 38.9 Å². The smallest absolute Gasteiger partial charge is 0.114 e. The van der Waals surface area contributed by atoms with E-state index in [2.05, 4.69) is 44.0 Å². The van der Waals surface area contributed by atoms with E-state index in [0.29, 0.717) is 0 Å². The maximum absolute atomic E-state index is 6.02. The lowest BCUT2D eigenvalue weighted by atomic mass is 10.0. The van der Waals surface area contributed by atoms with Crippen LogP contribution in [0.1, 0.15) is 23.1 Å². The second kappa shape index (κ2) is 4.26. The third kappa shape index (κ3) is 1.83. The summed E-state index contributed by atoms with van der Waals surface area (Å²) >= 11 is 1.59. The number of anilines is 1. The van der Waals surface area contributed by atoms with Crippen LogP contribution in [-0.4, -0.2) is 4.98 Å². The Balaban J connectivity index is 2.58. The molecule has 0 saturated carbocycles. The minimum Gasteiger partial charge on any atom is -0.389 e.